The summed E-state index contributed by atoms with van der Waals surface area (Å²) in [5.74, 6) is 0.497. The van der Waals surface area contributed by atoms with Gasteiger partial charge in [0.25, 0.3) is 0 Å². The molecular formula is C15H22FNO2S. The average molecular weight is 299 g/mol. The van der Waals surface area contributed by atoms with E-state index in [0.29, 0.717) is 0 Å². The topological polar surface area (TPSA) is 49.3 Å². The molecule has 2 unspecified atom stereocenters. The zero-order valence-corrected chi connectivity index (χ0v) is 12.9. The Labute approximate surface area is 124 Å². The number of amides is 1. The number of halogens is 1. The van der Waals surface area contributed by atoms with Gasteiger partial charge in [0, 0.05) is 12.1 Å². The average Bonchev–Trinajstić information content (AvgIpc) is 2.42. The standard InChI is InChI=1S/C15H22FNO2S/c1-4-20-14(10(2)3)15(19)17-9-13(18)11-7-5-6-8-12(11)16/h5-8,10,13-14,18H,4,9H2,1-3H3,(H,17,19). The van der Waals surface area contributed by atoms with E-state index in [1.54, 1.807) is 23.9 Å². The van der Waals surface area contributed by atoms with E-state index in [2.05, 4.69) is 5.32 Å². The molecule has 0 aliphatic heterocycles. The van der Waals surface area contributed by atoms with Crippen molar-refractivity contribution in [1.82, 2.24) is 5.32 Å². The lowest BCUT2D eigenvalue weighted by molar-refractivity contribution is -0.121. The van der Waals surface area contributed by atoms with Crippen LogP contribution >= 0.6 is 11.8 Å². The van der Waals surface area contributed by atoms with Crippen molar-refractivity contribution in [3.05, 3.63) is 35.6 Å². The summed E-state index contributed by atoms with van der Waals surface area (Å²) in [5.41, 5.74) is 0.206. The molecule has 0 aromatic heterocycles. The van der Waals surface area contributed by atoms with Gasteiger partial charge in [0.15, 0.2) is 0 Å². The fraction of sp³-hybridized carbons (Fsp3) is 0.533. The molecule has 5 heteroatoms. The van der Waals surface area contributed by atoms with Gasteiger partial charge in [-0.1, -0.05) is 39.0 Å². The molecule has 0 saturated heterocycles. The van der Waals surface area contributed by atoms with E-state index in [9.17, 15) is 14.3 Å². The van der Waals surface area contributed by atoms with Crippen LogP contribution in [0.15, 0.2) is 24.3 Å². The van der Waals surface area contributed by atoms with Gasteiger partial charge in [-0.05, 0) is 17.7 Å². The molecule has 0 saturated carbocycles. The van der Waals surface area contributed by atoms with Crippen LogP contribution in [0.2, 0.25) is 0 Å². The third kappa shape index (κ3) is 4.80. The SMILES string of the molecule is CCSC(C(=O)NCC(O)c1ccccc1F)C(C)C. The Balaban J connectivity index is 2.58. The fourth-order valence-corrected chi connectivity index (χ4v) is 2.88. The predicted octanol–water partition coefficient (Wildman–Crippen LogP) is 2.75. The number of aliphatic hydroxyl groups excluding tert-OH is 1. The minimum Gasteiger partial charge on any atom is -0.386 e. The Hall–Kier alpha value is -1.07. The van der Waals surface area contributed by atoms with Gasteiger partial charge in [-0.25, -0.2) is 4.39 Å². The number of thioether (sulfide) groups is 1. The molecule has 0 heterocycles. The monoisotopic (exact) mass is 299 g/mol. The van der Waals surface area contributed by atoms with E-state index < -0.39 is 11.9 Å². The van der Waals surface area contributed by atoms with Crippen LogP contribution in [-0.4, -0.2) is 28.6 Å². The van der Waals surface area contributed by atoms with Crippen molar-refractivity contribution >= 4 is 17.7 Å². The molecule has 1 aromatic carbocycles. The molecule has 1 aromatic rings. The maximum absolute atomic E-state index is 13.5. The van der Waals surface area contributed by atoms with Crippen molar-refractivity contribution in [3.63, 3.8) is 0 Å². The molecule has 0 bridgehead atoms. The van der Waals surface area contributed by atoms with Crippen molar-refractivity contribution < 1.29 is 14.3 Å². The maximum atomic E-state index is 13.5. The lowest BCUT2D eigenvalue weighted by Gasteiger charge is -2.20. The Bertz CT molecular complexity index is 440. The number of carbonyl (C=O) groups excluding carboxylic acids is 1. The number of hydrogen-bond donors (Lipinski definition) is 2. The van der Waals surface area contributed by atoms with E-state index in [0.717, 1.165) is 5.75 Å². The summed E-state index contributed by atoms with van der Waals surface area (Å²) in [7, 11) is 0. The molecule has 3 nitrogen and oxygen atoms in total. The summed E-state index contributed by atoms with van der Waals surface area (Å²) < 4.78 is 13.5. The Kier molecular flexibility index (Phi) is 7.02. The number of carbonyl (C=O) groups is 1. The molecule has 0 aliphatic rings. The van der Waals surface area contributed by atoms with Crippen LogP contribution in [0.3, 0.4) is 0 Å². The van der Waals surface area contributed by atoms with Gasteiger partial charge in [-0.3, -0.25) is 4.79 Å². The van der Waals surface area contributed by atoms with Crippen molar-refractivity contribution in [3.8, 4) is 0 Å². The Morgan fingerprint density at radius 1 is 1.40 bits per heavy atom. The predicted molar refractivity (Wildman–Crippen MR) is 81.1 cm³/mol. The van der Waals surface area contributed by atoms with Gasteiger partial charge >= 0.3 is 0 Å². The van der Waals surface area contributed by atoms with Gasteiger partial charge in [-0.15, -0.1) is 11.8 Å². The van der Waals surface area contributed by atoms with Crippen LogP contribution < -0.4 is 5.32 Å². The molecule has 2 atom stereocenters. The summed E-state index contributed by atoms with van der Waals surface area (Å²) in [4.78, 5) is 12.1. The van der Waals surface area contributed by atoms with Crippen molar-refractivity contribution in [2.45, 2.75) is 32.1 Å². The van der Waals surface area contributed by atoms with Crippen molar-refractivity contribution in [2.75, 3.05) is 12.3 Å². The molecule has 2 N–H and O–H groups in total. The normalized spacial score (nSPS) is 14.1. The summed E-state index contributed by atoms with van der Waals surface area (Å²) in [5, 5.41) is 12.5. The first-order valence-electron chi connectivity index (χ1n) is 6.79. The number of benzene rings is 1. The quantitative estimate of drug-likeness (QED) is 0.814. The van der Waals surface area contributed by atoms with Gasteiger partial charge in [0.1, 0.15) is 5.82 Å². The zero-order chi connectivity index (χ0) is 15.1. The number of aliphatic hydroxyl groups is 1. The molecule has 20 heavy (non-hydrogen) atoms. The number of nitrogens with one attached hydrogen (secondary N) is 1. The van der Waals surface area contributed by atoms with Gasteiger partial charge in [0.2, 0.25) is 5.91 Å². The highest BCUT2D eigenvalue weighted by Crippen LogP contribution is 2.20. The molecular weight excluding hydrogens is 277 g/mol. The van der Waals surface area contributed by atoms with Crippen LogP contribution in [0.4, 0.5) is 4.39 Å². The highest BCUT2D eigenvalue weighted by molar-refractivity contribution is 8.00. The second kappa shape index (κ2) is 8.27. The minimum atomic E-state index is -1.03. The third-order valence-electron chi connectivity index (χ3n) is 2.94. The Morgan fingerprint density at radius 3 is 2.60 bits per heavy atom. The van der Waals surface area contributed by atoms with Gasteiger partial charge in [-0.2, -0.15) is 0 Å². The number of rotatable bonds is 7. The van der Waals surface area contributed by atoms with E-state index in [1.807, 2.05) is 20.8 Å². The lowest BCUT2D eigenvalue weighted by Crippen LogP contribution is -2.38. The molecule has 0 aliphatic carbocycles. The van der Waals surface area contributed by atoms with Crippen LogP contribution in [0.1, 0.15) is 32.4 Å². The van der Waals surface area contributed by atoms with Crippen LogP contribution in [-0.2, 0) is 4.79 Å². The first-order chi connectivity index (χ1) is 9.47. The van der Waals surface area contributed by atoms with Crippen LogP contribution in [0.25, 0.3) is 0 Å². The van der Waals surface area contributed by atoms with Crippen LogP contribution in [0.5, 0.6) is 0 Å². The Morgan fingerprint density at radius 2 is 2.05 bits per heavy atom. The zero-order valence-electron chi connectivity index (χ0n) is 12.1. The maximum Gasteiger partial charge on any atom is 0.233 e. The molecule has 1 amide bonds. The second-order valence-electron chi connectivity index (χ2n) is 4.90. The van der Waals surface area contributed by atoms with E-state index >= 15 is 0 Å². The largest absolute Gasteiger partial charge is 0.386 e. The van der Waals surface area contributed by atoms with Gasteiger partial charge < -0.3 is 10.4 Å². The van der Waals surface area contributed by atoms with Gasteiger partial charge in [0.05, 0.1) is 11.4 Å². The summed E-state index contributed by atoms with van der Waals surface area (Å²) in [6.45, 7) is 6.00. The summed E-state index contributed by atoms with van der Waals surface area (Å²) >= 11 is 1.58. The second-order valence-corrected chi connectivity index (χ2v) is 6.32. The van der Waals surface area contributed by atoms with Crippen LogP contribution in [0, 0.1) is 11.7 Å². The van der Waals surface area contributed by atoms with Crippen molar-refractivity contribution in [2.24, 2.45) is 5.92 Å². The number of hydrogen-bond acceptors (Lipinski definition) is 3. The lowest BCUT2D eigenvalue weighted by atomic mass is 10.1. The smallest absolute Gasteiger partial charge is 0.233 e. The first-order valence-corrected chi connectivity index (χ1v) is 7.84. The molecule has 1 rings (SSSR count). The molecule has 0 fully saturated rings. The highest BCUT2D eigenvalue weighted by Gasteiger charge is 2.23. The van der Waals surface area contributed by atoms with E-state index in [-0.39, 0.29) is 29.2 Å². The highest BCUT2D eigenvalue weighted by atomic mass is 32.2. The molecule has 0 spiro atoms. The first kappa shape index (κ1) is 17.0. The van der Waals surface area contributed by atoms with Crippen molar-refractivity contribution in [1.29, 1.82) is 0 Å². The minimum absolute atomic E-state index is 0.0211. The fourth-order valence-electron chi connectivity index (χ4n) is 1.90. The van der Waals surface area contributed by atoms with E-state index in [4.69, 9.17) is 0 Å². The summed E-state index contributed by atoms with van der Waals surface area (Å²) in [6.07, 6.45) is -1.03. The molecule has 112 valence electrons. The molecule has 0 radical (unpaired) electrons. The third-order valence-corrected chi connectivity index (χ3v) is 4.39. The van der Waals surface area contributed by atoms with E-state index in [1.165, 1.54) is 12.1 Å². The summed E-state index contributed by atoms with van der Waals surface area (Å²) in [6, 6.07) is 6.04.